The van der Waals surface area contributed by atoms with Crippen molar-refractivity contribution in [2.75, 3.05) is 5.73 Å². The van der Waals surface area contributed by atoms with Crippen molar-refractivity contribution < 1.29 is 23.5 Å². The molecule has 3 N–H and O–H groups in total. The fourth-order valence-corrected chi connectivity index (χ4v) is 7.10. The molecular weight excluding hydrogens is 450 g/mol. The number of benzene rings is 2. The first-order valence-corrected chi connectivity index (χ1v) is 18.2. The highest BCUT2D eigenvalue weighted by Crippen LogP contribution is 2.49. The Balaban J connectivity index is 1.95. The van der Waals surface area contributed by atoms with Gasteiger partial charge in [-0.2, -0.15) is 0 Å². The van der Waals surface area contributed by atoms with E-state index in [0.29, 0.717) is 17.2 Å². The van der Waals surface area contributed by atoms with Crippen LogP contribution < -0.4 is 5.73 Å². The van der Waals surface area contributed by atoms with E-state index >= 15 is 0 Å². The van der Waals surface area contributed by atoms with Crippen molar-refractivity contribution in [3.8, 4) is 5.75 Å². The number of nitrogen functional groups attached to an aromatic ring is 1. The number of carbonyl (C=O) groups is 2. The van der Waals surface area contributed by atoms with Gasteiger partial charge < -0.3 is 19.7 Å². The normalized spacial score (nSPS) is 23.5. The molecule has 4 rings (SSSR count). The van der Waals surface area contributed by atoms with Gasteiger partial charge in [-0.15, -0.1) is 0 Å². The maximum Gasteiger partial charge on any atom is 0.241 e. The number of ketones is 2. The van der Waals surface area contributed by atoms with Gasteiger partial charge in [0.15, 0.2) is 19.9 Å². The maximum atomic E-state index is 14.0. The lowest BCUT2D eigenvalue weighted by atomic mass is 9.65. The van der Waals surface area contributed by atoms with Crippen LogP contribution in [0.25, 0.3) is 10.8 Å². The lowest BCUT2D eigenvalue weighted by Gasteiger charge is -2.44. The number of phenolic OH excluding ortho intramolecular Hbond substituents is 1. The average molecular weight is 484 g/mol. The number of rotatable bonds is 4. The Morgan fingerprint density at radius 3 is 2.12 bits per heavy atom. The second kappa shape index (κ2) is 7.82. The number of allylic oxidation sites excluding steroid dienone is 1. The summed E-state index contributed by atoms with van der Waals surface area (Å²) in [6.07, 6.45) is -0.234. The van der Waals surface area contributed by atoms with Crippen LogP contribution in [-0.2, 0) is 8.85 Å². The number of phenols is 1. The largest absolute Gasteiger partial charge is 0.547 e. The number of hydrogen-bond donors (Lipinski definition) is 2. The molecule has 2 aliphatic carbocycles. The van der Waals surface area contributed by atoms with E-state index < -0.39 is 34.6 Å². The van der Waals surface area contributed by atoms with Gasteiger partial charge in [0.25, 0.3) is 0 Å². The molecule has 8 heteroatoms. The zero-order valence-corrected chi connectivity index (χ0v) is 22.4. The molecule has 176 valence electrons. The molecule has 0 radical (unpaired) electrons. The molecule has 2 aliphatic rings. The summed E-state index contributed by atoms with van der Waals surface area (Å²) < 4.78 is 12.9. The number of nitrogens with two attached hydrogens (primary N) is 1. The molecule has 0 saturated carbocycles. The van der Waals surface area contributed by atoms with Crippen molar-refractivity contribution >= 4 is 44.7 Å². The van der Waals surface area contributed by atoms with Gasteiger partial charge in [0.1, 0.15) is 5.75 Å². The predicted molar refractivity (Wildman–Crippen MR) is 136 cm³/mol. The Hall–Kier alpha value is -2.43. The molecule has 3 atom stereocenters. The van der Waals surface area contributed by atoms with E-state index in [2.05, 4.69) is 39.3 Å². The van der Waals surface area contributed by atoms with E-state index in [9.17, 15) is 14.7 Å². The smallest absolute Gasteiger partial charge is 0.241 e. The van der Waals surface area contributed by atoms with Gasteiger partial charge in [-0.05, 0) is 51.8 Å². The van der Waals surface area contributed by atoms with Crippen LogP contribution >= 0.6 is 0 Å². The van der Waals surface area contributed by atoms with E-state index in [1.54, 1.807) is 24.3 Å². The van der Waals surface area contributed by atoms with Crippen molar-refractivity contribution in [1.82, 2.24) is 0 Å². The van der Waals surface area contributed by atoms with Crippen LogP contribution in [0.1, 0.15) is 34.1 Å². The van der Waals surface area contributed by atoms with Crippen molar-refractivity contribution in [2.45, 2.75) is 58.7 Å². The first-order chi connectivity index (χ1) is 15.2. The SMILES string of the molecule is CC1=C(O[Si](C)(C)C)C[C@H]2C(=O)c3c(c(N)c4ccccc4c3O)C(=O)[C@H]2[C@H]1O[Si](C)(C)C. The van der Waals surface area contributed by atoms with Gasteiger partial charge >= 0.3 is 0 Å². The highest BCUT2D eigenvalue weighted by Gasteiger charge is 2.52. The van der Waals surface area contributed by atoms with Crippen LogP contribution in [0.15, 0.2) is 35.6 Å². The quantitative estimate of drug-likeness (QED) is 0.339. The highest BCUT2D eigenvalue weighted by molar-refractivity contribution is 6.70. The molecule has 2 aromatic rings. The van der Waals surface area contributed by atoms with Gasteiger partial charge in [-0.25, -0.2) is 0 Å². The summed E-state index contributed by atoms with van der Waals surface area (Å²) in [7, 11) is -4.05. The summed E-state index contributed by atoms with van der Waals surface area (Å²) >= 11 is 0. The second-order valence-electron chi connectivity index (χ2n) is 11.1. The van der Waals surface area contributed by atoms with Gasteiger partial charge in [0, 0.05) is 23.1 Å². The van der Waals surface area contributed by atoms with E-state index in [1.807, 2.05) is 6.92 Å². The van der Waals surface area contributed by atoms with Crippen LogP contribution in [0.5, 0.6) is 5.75 Å². The summed E-state index contributed by atoms with van der Waals surface area (Å²) in [5, 5.41) is 12.1. The molecule has 2 aromatic carbocycles. The molecule has 6 nitrogen and oxygen atoms in total. The number of Topliss-reactive ketones (excluding diaryl/α,β-unsaturated/α-hetero) is 2. The molecule has 0 bridgehead atoms. The number of aromatic hydroxyl groups is 1. The Morgan fingerprint density at radius 1 is 0.939 bits per heavy atom. The van der Waals surface area contributed by atoms with Crippen molar-refractivity contribution in [3.05, 3.63) is 46.7 Å². The third-order valence-electron chi connectivity index (χ3n) is 6.30. The molecule has 0 amide bonds. The summed E-state index contributed by atoms with van der Waals surface area (Å²) in [5.74, 6) is -1.27. The molecule has 0 unspecified atom stereocenters. The van der Waals surface area contributed by atoms with Crippen molar-refractivity contribution in [3.63, 3.8) is 0 Å². The highest BCUT2D eigenvalue weighted by atomic mass is 28.4. The van der Waals surface area contributed by atoms with Gasteiger partial charge in [0.05, 0.1) is 34.6 Å². The van der Waals surface area contributed by atoms with Gasteiger partial charge in [-0.3, -0.25) is 9.59 Å². The average Bonchev–Trinajstić information content (AvgIpc) is 2.69. The second-order valence-corrected chi connectivity index (χ2v) is 20.0. The minimum absolute atomic E-state index is 0.0381. The maximum absolute atomic E-state index is 14.0. The lowest BCUT2D eigenvalue weighted by molar-refractivity contribution is 0.0488. The molecular formula is C25H33NO5Si2. The molecule has 0 saturated heterocycles. The minimum Gasteiger partial charge on any atom is -0.547 e. The van der Waals surface area contributed by atoms with E-state index in [0.717, 1.165) is 11.3 Å². The Kier molecular flexibility index (Phi) is 5.62. The Labute approximate surface area is 197 Å². The van der Waals surface area contributed by atoms with Crippen LogP contribution in [0.4, 0.5) is 5.69 Å². The first kappa shape index (κ1) is 23.7. The monoisotopic (exact) mass is 483 g/mol. The summed E-state index contributed by atoms with van der Waals surface area (Å²) in [5.41, 5.74) is 7.75. The van der Waals surface area contributed by atoms with Crippen LogP contribution in [0.3, 0.4) is 0 Å². The van der Waals surface area contributed by atoms with E-state index in [1.165, 1.54) is 0 Å². The number of hydrogen-bond acceptors (Lipinski definition) is 6. The summed E-state index contributed by atoms with van der Waals surface area (Å²) in [4.78, 5) is 27.8. The van der Waals surface area contributed by atoms with Gasteiger partial charge in [0.2, 0.25) is 8.32 Å². The molecule has 0 heterocycles. The number of fused-ring (bicyclic) bond motifs is 3. The summed E-state index contributed by atoms with van der Waals surface area (Å²) in [6, 6.07) is 7.05. The number of anilines is 1. The Bertz CT molecular complexity index is 1210. The zero-order valence-electron chi connectivity index (χ0n) is 20.4. The molecule has 0 fully saturated rings. The van der Waals surface area contributed by atoms with Crippen molar-refractivity contribution in [2.24, 2.45) is 11.8 Å². The Morgan fingerprint density at radius 2 is 1.55 bits per heavy atom. The van der Waals surface area contributed by atoms with E-state index in [-0.39, 0.29) is 34.1 Å². The third-order valence-corrected chi connectivity index (χ3v) is 8.12. The zero-order chi connectivity index (χ0) is 24.5. The molecule has 0 aromatic heterocycles. The summed E-state index contributed by atoms with van der Waals surface area (Å²) in [6.45, 7) is 14.4. The topological polar surface area (TPSA) is 98.9 Å². The van der Waals surface area contributed by atoms with Crippen molar-refractivity contribution in [1.29, 1.82) is 0 Å². The third kappa shape index (κ3) is 4.04. The molecule has 0 aliphatic heterocycles. The molecule has 0 spiro atoms. The predicted octanol–water partition coefficient (Wildman–Crippen LogP) is 5.49. The van der Waals surface area contributed by atoms with Crippen LogP contribution in [0, 0.1) is 11.8 Å². The lowest BCUT2D eigenvalue weighted by Crippen LogP contribution is -2.51. The minimum atomic E-state index is -2.08. The fourth-order valence-electron chi connectivity index (χ4n) is 5.03. The van der Waals surface area contributed by atoms with E-state index in [4.69, 9.17) is 14.6 Å². The van der Waals surface area contributed by atoms with Gasteiger partial charge in [-0.1, -0.05) is 24.3 Å². The number of carbonyl (C=O) groups excluding carboxylic acids is 2. The van der Waals surface area contributed by atoms with Crippen LogP contribution in [0.2, 0.25) is 39.3 Å². The molecule has 33 heavy (non-hydrogen) atoms. The standard InChI is InChI=1S/C25H33NO5Si2/c1-13-17(30-32(2,3)4)12-16-18(25(13)31-33(5,6)7)24(29)19-20(23(16)28)22(27)15-11-9-8-10-14(15)21(19)26/h8-11,16,18,25,27H,12,26H2,1-7H3/t16-,18+,25+/m1/s1. The fraction of sp³-hybridized carbons (Fsp3) is 0.440. The van der Waals surface area contributed by atoms with Crippen LogP contribution in [-0.4, -0.2) is 39.4 Å². The first-order valence-electron chi connectivity index (χ1n) is 11.4.